The average molecular weight is 189 g/mol. The first-order valence-electron chi connectivity index (χ1n) is 5.19. The number of hydrogen-bond acceptors (Lipinski definition) is 3. The quantitative estimate of drug-likeness (QED) is 0.527. The lowest BCUT2D eigenvalue weighted by Crippen LogP contribution is -2.20. The summed E-state index contributed by atoms with van der Waals surface area (Å²) in [6.45, 7) is 6.61. The number of hydrogen-bond donors (Lipinski definition) is 1. The van der Waals surface area contributed by atoms with Gasteiger partial charge in [-0.25, -0.2) is 0 Å². The summed E-state index contributed by atoms with van der Waals surface area (Å²) in [7, 11) is 1.75. The summed E-state index contributed by atoms with van der Waals surface area (Å²) in [6.07, 6.45) is 3.65. The molecule has 0 bridgehead atoms. The Morgan fingerprint density at radius 3 is 2.54 bits per heavy atom. The second-order valence-corrected chi connectivity index (χ2v) is 3.00. The lowest BCUT2D eigenvalue weighted by atomic mass is 10.2. The highest BCUT2D eigenvalue weighted by molar-refractivity contribution is 4.47. The second kappa shape index (κ2) is 11.9. The van der Waals surface area contributed by atoms with Crippen LogP contribution in [0.4, 0.5) is 0 Å². The van der Waals surface area contributed by atoms with E-state index in [2.05, 4.69) is 5.32 Å². The molecule has 3 nitrogen and oxygen atoms in total. The Kier molecular flexibility index (Phi) is 11.8. The van der Waals surface area contributed by atoms with Crippen LogP contribution >= 0.6 is 0 Å². The molecule has 0 spiro atoms. The maximum Gasteiger partial charge on any atom is 0.0590 e. The third-order valence-corrected chi connectivity index (χ3v) is 1.83. The van der Waals surface area contributed by atoms with Crippen LogP contribution in [0.25, 0.3) is 0 Å². The molecule has 0 aliphatic carbocycles. The molecule has 13 heavy (non-hydrogen) atoms. The Bertz CT molecular complexity index is 79.0. The fourth-order valence-corrected chi connectivity index (χ4v) is 1.09. The molecule has 0 aromatic rings. The van der Waals surface area contributed by atoms with E-state index in [-0.39, 0.29) is 0 Å². The minimum atomic E-state index is 0.815. The van der Waals surface area contributed by atoms with Gasteiger partial charge in [-0.3, -0.25) is 0 Å². The Morgan fingerprint density at radius 1 is 1.00 bits per heavy atom. The van der Waals surface area contributed by atoms with E-state index < -0.39 is 0 Å². The van der Waals surface area contributed by atoms with E-state index in [0.717, 1.165) is 32.9 Å². The summed E-state index contributed by atoms with van der Waals surface area (Å²) in [4.78, 5) is 0. The molecule has 1 N–H and O–H groups in total. The van der Waals surface area contributed by atoms with E-state index in [4.69, 9.17) is 9.47 Å². The fourth-order valence-electron chi connectivity index (χ4n) is 1.09. The van der Waals surface area contributed by atoms with Crippen molar-refractivity contribution in [1.29, 1.82) is 0 Å². The molecule has 0 aromatic heterocycles. The summed E-state index contributed by atoms with van der Waals surface area (Å²) < 4.78 is 10.2. The van der Waals surface area contributed by atoms with Crippen LogP contribution in [0, 0.1) is 0 Å². The first kappa shape index (κ1) is 12.9. The van der Waals surface area contributed by atoms with Gasteiger partial charge in [0, 0.05) is 26.9 Å². The number of nitrogens with one attached hydrogen (secondary N) is 1. The molecule has 0 saturated heterocycles. The van der Waals surface area contributed by atoms with Gasteiger partial charge in [-0.2, -0.15) is 0 Å². The van der Waals surface area contributed by atoms with Crippen molar-refractivity contribution in [2.24, 2.45) is 0 Å². The van der Waals surface area contributed by atoms with Gasteiger partial charge in [-0.1, -0.05) is 0 Å². The van der Waals surface area contributed by atoms with Gasteiger partial charge in [0.05, 0.1) is 6.61 Å². The van der Waals surface area contributed by atoms with E-state index in [1.165, 1.54) is 19.3 Å². The summed E-state index contributed by atoms with van der Waals surface area (Å²) in [5.74, 6) is 0. The van der Waals surface area contributed by atoms with Gasteiger partial charge in [-0.05, 0) is 32.7 Å². The molecule has 0 saturated carbocycles. The highest BCUT2D eigenvalue weighted by atomic mass is 16.5. The molecular formula is C10H23NO2. The van der Waals surface area contributed by atoms with Gasteiger partial charge in [-0.15, -0.1) is 0 Å². The van der Waals surface area contributed by atoms with Crippen LogP contribution in [-0.4, -0.2) is 40.0 Å². The number of unbranched alkanes of at least 4 members (excludes halogenated alkanes) is 2. The number of ether oxygens (including phenoxy) is 2. The maximum atomic E-state index is 5.20. The van der Waals surface area contributed by atoms with Crippen LogP contribution in [0.1, 0.15) is 26.2 Å². The van der Waals surface area contributed by atoms with Crippen molar-refractivity contribution in [1.82, 2.24) is 5.32 Å². The standard InChI is InChI=1S/C10H23NO2/c1-3-13-10-8-11-7-5-4-6-9-12-2/h11H,3-10H2,1-2H3. The molecule has 0 unspecified atom stereocenters. The predicted molar refractivity (Wildman–Crippen MR) is 55.1 cm³/mol. The molecule has 0 aliphatic rings. The Balaban J connectivity index is 2.76. The molecule has 0 aromatic carbocycles. The van der Waals surface area contributed by atoms with Gasteiger partial charge >= 0.3 is 0 Å². The van der Waals surface area contributed by atoms with Crippen molar-refractivity contribution in [2.75, 3.05) is 40.0 Å². The SMILES string of the molecule is CCOCCNCCCCCOC. The lowest BCUT2D eigenvalue weighted by molar-refractivity contribution is 0.149. The van der Waals surface area contributed by atoms with Crippen molar-refractivity contribution >= 4 is 0 Å². The number of methoxy groups -OCH3 is 1. The van der Waals surface area contributed by atoms with Gasteiger partial charge in [0.15, 0.2) is 0 Å². The summed E-state index contributed by atoms with van der Waals surface area (Å²) >= 11 is 0. The Labute approximate surface area is 81.8 Å². The van der Waals surface area contributed by atoms with Crippen molar-refractivity contribution in [3.63, 3.8) is 0 Å². The first-order chi connectivity index (χ1) is 6.41. The average Bonchev–Trinajstić information content (AvgIpc) is 2.16. The molecule has 3 heteroatoms. The molecular weight excluding hydrogens is 166 g/mol. The molecule has 0 radical (unpaired) electrons. The van der Waals surface area contributed by atoms with Crippen LogP contribution in [0.5, 0.6) is 0 Å². The Morgan fingerprint density at radius 2 is 1.85 bits per heavy atom. The predicted octanol–water partition coefficient (Wildman–Crippen LogP) is 1.43. The third-order valence-electron chi connectivity index (χ3n) is 1.83. The monoisotopic (exact) mass is 189 g/mol. The molecule has 0 aliphatic heterocycles. The van der Waals surface area contributed by atoms with Crippen LogP contribution in [0.2, 0.25) is 0 Å². The molecule has 0 fully saturated rings. The van der Waals surface area contributed by atoms with Crippen LogP contribution < -0.4 is 5.32 Å². The van der Waals surface area contributed by atoms with E-state index in [1.54, 1.807) is 7.11 Å². The second-order valence-electron chi connectivity index (χ2n) is 3.00. The minimum Gasteiger partial charge on any atom is -0.385 e. The van der Waals surface area contributed by atoms with Crippen molar-refractivity contribution in [2.45, 2.75) is 26.2 Å². The van der Waals surface area contributed by atoms with E-state index in [0.29, 0.717) is 0 Å². The highest BCUT2D eigenvalue weighted by Gasteiger charge is 1.89. The molecule has 0 rings (SSSR count). The normalized spacial score (nSPS) is 10.6. The van der Waals surface area contributed by atoms with Gasteiger partial charge in [0.2, 0.25) is 0 Å². The van der Waals surface area contributed by atoms with E-state index >= 15 is 0 Å². The maximum absolute atomic E-state index is 5.20. The zero-order valence-corrected chi connectivity index (χ0v) is 8.97. The van der Waals surface area contributed by atoms with Gasteiger partial charge < -0.3 is 14.8 Å². The van der Waals surface area contributed by atoms with E-state index in [1.807, 2.05) is 6.92 Å². The molecule has 0 atom stereocenters. The van der Waals surface area contributed by atoms with Gasteiger partial charge in [0.1, 0.15) is 0 Å². The fraction of sp³-hybridized carbons (Fsp3) is 1.00. The van der Waals surface area contributed by atoms with Crippen molar-refractivity contribution in [3.8, 4) is 0 Å². The van der Waals surface area contributed by atoms with Crippen LogP contribution in [0.15, 0.2) is 0 Å². The van der Waals surface area contributed by atoms with Crippen molar-refractivity contribution < 1.29 is 9.47 Å². The lowest BCUT2D eigenvalue weighted by Gasteiger charge is -2.04. The van der Waals surface area contributed by atoms with E-state index in [9.17, 15) is 0 Å². The van der Waals surface area contributed by atoms with Gasteiger partial charge in [0.25, 0.3) is 0 Å². The Hall–Kier alpha value is -0.120. The van der Waals surface area contributed by atoms with Crippen LogP contribution in [-0.2, 0) is 9.47 Å². The smallest absolute Gasteiger partial charge is 0.0590 e. The third kappa shape index (κ3) is 11.9. The summed E-state index contributed by atoms with van der Waals surface area (Å²) in [5, 5.41) is 3.33. The number of rotatable bonds is 10. The zero-order valence-electron chi connectivity index (χ0n) is 8.97. The summed E-state index contributed by atoms with van der Waals surface area (Å²) in [5.41, 5.74) is 0. The minimum absolute atomic E-state index is 0.815. The largest absolute Gasteiger partial charge is 0.385 e. The zero-order chi connectivity index (χ0) is 9.78. The van der Waals surface area contributed by atoms with Crippen molar-refractivity contribution in [3.05, 3.63) is 0 Å². The summed E-state index contributed by atoms with van der Waals surface area (Å²) in [6, 6.07) is 0. The first-order valence-corrected chi connectivity index (χ1v) is 5.19. The van der Waals surface area contributed by atoms with Crippen LogP contribution in [0.3, 0.4) is 0 Å². The molecule has 0 heterocycles. The molecule has 0 amide bonds. The molecule has 80 valence electrons. The highest BCUT2D eigenvalue weighted by Crippen LogP contribution is 1.93. The topological polar surface area (TPSA) is 30.5 Å².